The molecule has 0 N–H and O–H groups in total. The first-order valence-corrected chi connectivity index (χ1v) is 6.41. The summed E-state index contributed by atoms with van der Waals surface area (Å²) in [5.74, 6) is 1.31. The maximum absolute atomic E-state index is 11.1. The third-order valence-corrected chi connectivity index (χ3v) is 3.84. The van der Waals surface area contributed by atoms with E-state index in [0.717, 1.165) is 31.6 Å². The van der Waals surface area contributed by atoms with Crippen LogP contribution in [-0.4, -0.2) is 18.0 Å². The standard InChI is InChI=1S/C13H22O2/c1-10-2-6-12(7-3-10)15-13-8-4-11(14)5-9-13/h10,12-13H,2-9H2,1H3. The van der Waals surface area contributed by atoms with Gasteiger partial charge in [-0.2, -0.15) is 0 Å². The first-order chi connectivity index (χ1) is 7.24. The van der Waals surface area contributed by atoms with E-state index in [1.807, 2.05) is 0 Å². The Morgan fingerprint density at radius 2 is 1.47 bits per heavy atom. The highest BCUT2D eigenvalue weighted by molar-refractivity contribution is 5.79. The van der Waals surface area contributed by atoms with Gasteiger partial charge in [-0.25, -0.2) is 0 Å². The van der Waals surface area contributed by atoms with E-state index in [1.165, 1.54) is 25.7 Å². The molecule has 0 aliphatic heterocycles. The first-order valence-electron chi connectivity index (χ1n) is 6.41. The normalized spacial score (nSPS) is 34.3. The average Bonchev–Trinajstić information content (AvgIpc) is 2.25. The third-order valence-electron chi connectivity index (χ3n) is 3.84. The summed E-state index contributed by atoms with van der Waals surface area (Å²) in [7, 11) is 0. The molecule has 0 radical (unpaired) electrons. The molecular formula is C13H22O2. The predicted molar refractivity (Wildman–Crippen MR) is 59.8 cm³/mol. The van der Waals surface area contributed by atoms with E-state index in [1.54, 1.807) is 0 Å². The van der Waals surface area contributed by atoms with Crippen LogP contribution in [0.1, 0.15) is 58.3 Å². The van der Waals surface area contributed by atoms with Gasteiger partial charge < -0.3 is 4.74 Å². The van der Waals surface area contributed by atoms with Crippen LogP contribution in [0.15, 0.2) is 0 Å². The minimum atomic E-state index is 0.376. The van der Waals surface area contributed by atoms with Crippen LogP contribution in [0.4, 0.5) is 0 Å². The molecule has 0 spiro atoms. The Morgan fingerprint density at radius 1 is 0.933 bits per heavy atom. The van der Waals surface area contributed by atoms with Crippen molar-refractivity contribution < 1.29 is 9.53 Å². The molecule has 2 heteroatoms. The first kappa shape index (κ1) is 11.1. The summed E-state index contributed by atoms with van der Waals surface area (Å²) >= 11 is 0. The van der Waals surface area contributed by atoms with E-state index in [9.17, 15) is 4.79 Å². The largest absolute Gasteiger partial charge is 0.375 e. The van der Waals surface area contributed by atoms with Crippen molar-refractivity contribution >= 4 is 5.78 Å². The summed E-state index contributed by atoms with van der Waals surface area (Å²) in [6.07, 6.45) is 9.36. The Kier molecular flexibility index (Phi) is 3.79. The second kappa shape index (κ2) is 5.11. The maximum atomic E-state index is 11.1. The zero-order chi connectivity index (χ0) is 10.7. The van der Waals surface area contributed by atoms with Crippen LogP contribution in [0.5, 0.6) is 0 Å². The molecule has 2 nitrogen and oxygen atoms in total. The van der Waals surface area contributed by atoms with Gasteiger partial charge in [0.2, 0.25) is 0 Å². The highest BCUT2D eigenvalue weighted by Crippen LogP contribution is 2.28. The highest BCUT2D eigenvalue weighted by Gasteiger charge is 2.25. The molecule has 2 saturated carbocycles. The fourth-order valence-electron chi connectivity index (χ4n) is 2.69. The molecule has 2 aliphatic carbocycles. The van der Waals surface area contributed by atoms with Crippen LogP contribution in [-0.2, 0) is 9.53 Å². The van der Waals surface area contributed by atoms with E-state index < -0.39 is 0 Å². The Balaban J connectivity index is 1.70. The van der Waals surface area contributed by atoms with Crippen LogP contribution in [0.2, 0.25) is 0 Å². The van der Waals surface area contributed by atoms with Crippen molar-refractivity contribution in [3.63, 3.8) is 0 Å². The van der Waals surface area contributed by atoms with Crippen LogP contribution in [0.3, 0.4) is 0 Å². The number of carbonyl (C=O) groups is 1. The summed E-state index contributed by atoms with van der Waals surface area (Å²) in [6.45, 7) is 2.33. The van der Waals surface area contributed by atoms with Crippen LogP contribution < -0.4 is 0 Å². The van der Waals surface area contributed by atoms with Gasteiger partial charge in [-0.05, 0) is 44.4 Å². The van der Waals surface area contributed by atoms with E-state index in [-0.39, 0.29) is 0 Å². The van der Waals surface area contributed by atoms with Crippen molar-refractivity contribution in [2.45, 2.75) is 70.5 Å². The van der Waals surface area contributed by atoms with Gasteiger partial charge in [0.05, 0.1) is 12.2 Å². The van der Waals surface area contributed by atoms with Crippen molar-refractivity contribution in [1.29, 1.82) is 0 Å². The topological polar surface area (TPSA) is 26.3 Å². The molecular weight excluding hydrogens is 188 g/mol. The number of carbonyl (C=O) groups excluding carboxylic acids is 1. The number of hydrogen-bond acceptors (Lipinski definition) is 2. The number of ether oxygens (including phenoxy) is 1. The molecule has 0 aromatic heterocycles. The molecule has 2 aliphatic rings. The van der Waals surface area contributed by atoms with Crippen LogP contribution in [0.25, 0.3) is 0 Å². The number of Topliss-reactive ketones (excluding diaryl/α,β-unsaturated/α-hetero) is 1. The summed E-state index contributed by atoms with van der Waals surface area (Å²) in [6, 6.07) is 0. The molecule has 0 saturated heterocycles. The summed E-state index contributed by atoms with van der Waals surface area (Å²) in [5.41, 5.74) is 0. The minimum Gasteiger partial charge on any atom is -0.375 e. The monoisotopic (exact) mass is 210 g/mol. The minimum absolute atomic E-state index is 0.376. The lowest BCUT2D eigenvalue weighted by molar-refractivity contribution is -0.125. The molecule has 0 amide bonds. The molecule has 0 heterocycles. The molecule has 86 valence electrons. The van der Waals surface area contributed by atoms with Crippen LogP contribution in [0, 0.1) is 5.92 Å². The number of ketones is 1. The Labute approximate surface area is 92.4 Å². The van der Waals surface area contributed by atoms with Crippen molar-refractivity contribution in [3.05, 3.63) is 0 Å². The smallest absolute Gasteiger partial charge is 0.133 e. The van der Waals surface area contributed by atoms with Crippen molar-refractivity contribution in [3.8, 4) is 0 Å². The molecule has 0 aromatic carbocycles. The van der Waals surface area contributed by atoms with E-state index in [4.69, 9.17) is 4.74 Å². The second-order valence-corrected chi connectivity index (χ2v) is 5.26. The zero-order valence-electron chi connectivity index (χ0n) is 9.71. The summed E-state index contributed by atoms with van der Waals surface area (Å²) < 4.78 is 6.08. The zero-order valence-corrected chi connectivity index (χ0v) is 9.71. The van der Waals surface area contributed by atoms with Gasteiger partial charge in [0.1, 0.15) is 5.78 Å². The quantitative estimate of drug-likeness (QED) is 0.700. The summed E-state index contributed by atoms with van der Waals surface area (Å²) in [5, 5.41) is 0. The van der Waals surface area contributed by atoms with Crippen molar-refractivity contribution in [2.24, 2.45) is 5.92 Å². The van der Waals surface area contributed by atoms with E-state index >= 15 is 0 Å². The Morgan fingerprint density at radius 3 is 2.07 bits per heavy atom. The molecule has 0 atom stereocenters. The van der Waals surface area contributed by atoms with Crippen molar-refractivity contribution in [2.75, 3.05) is 0 Å². The van der Waals surface area contributed by atoms with Gasteiger partial charge in [0.15, 0.2) is 0 Å². The Hall–Kier alpha value is -0.370. The third kappa shape index (κ3) is 3.30. The molecule has 0 bridgehead atoms. The lowest BCUT2D eigenvalue weighted by atomic mass is 9.88. The highest BCUT2D eigenvalue weighted by atomic mass is 16.5. The average molecular weight is 210 g/mol. The van der Waals surface area contributed by atoms with E-state index in [0.29, 0.717) is 18.0 Å². The van der Waals surface area contributed by atoms with Gasteiger partial charge in [0.25, 0.3) is 0 Å². The van der Waals surface area contributed by atoms with Gasteiger partial charge in [0, 0.05) is 12.8 Å². The lowest BCUT2D eigenvalue weighted by Gasteiger charge is -2.31. The SMILES string of the molecule is CC1CCC(OC2CCC(=O)CC2)CC1. The molecule has 15 heavy (non-hydrogen) atoms. The number of hydrogen-bond donors (Lipinski definition) is 0. The lowest BCUT2D eigenvalue weighted by Crippen LogP contribution is -2.29. The molecule has 2 fully saturated rings. The van der Waals surface area contributed by atoms with Crippen molar-refractivity contribution in [1.82, 2.24) is 0 Å². The van der Waals surface area contributed by atoms with Gasteiger partial charge >= 0.3 is 0 Å². The fraction of sp³-hybridized carbons (Fsp3) is 0.923. The predicted octanol–water partition coefficient (Wildman–Crippen LogP) is 3.09. The van der Waals surface area contributed by atoms with Crippen LogP contribution >= 0.6 is 0 Å². The maximum Gasteiger partial charge on any atom is 0.133 e. The van der Waals surface area contributed by atoms with E-state index in [2.05, 4.69) is 6.92 Å². The van der Waals surface area contributed by atoms with Gasteiger partial charge in [-0.1, -0.05) is 6.92 Å². The Bertz CT molecular complexity index is 207. The molecule has 2 rings (SSSR count). The number of rotatable bonds is 2. The molecule has 0 unspecified atom stereocenters. The van der Waals surface area contributed by atoms with Gasteiger partial charge in [-0.15, -0.1) is 0 Å². The van der Waals surface area contributed by atoms with Gasteiger partial charge in [-0.3, -0.25) is 4.79 Å². The molecule has 0 aromatic rings. The fourth-order valence-corrected chi connectivity index (χ4v) is 2.69. The second-order valence-electron chi connectivity index (χ2n) is 5.26. The summed E-state index contributed by atoms with van der Waals surface area (Å²) in [4.78, 5) is 11.1.